The third-order valence-electron chi connectivity index (χ3n) is 6.42. The minimum atomic E-state index is -0.307. The highest BCUT2D eigenvalue weighted by molar-refractivity contribution is 6.32. The third kappa shape index (κ3) is 4.10. The average molecular weight is 488 g/mol. The number of urea groups is 1. The molecule has 5 rings (SSSR count). The van der Waals surface area contributed by atoms with Crippen LogP contribution in [0.25, 0.3) is 5.69 Å². The summed E-state index contributed by atoms with van der Waals surface area (Å²) in [6, 6.07) is 23.2. The van der Waals surface area contributed by atoms with Gasteiger partial charge in [0.25, 0.3) is 0 Å². The van der Waals surface area contributed by atoms with Crippen LogP contribution in [0.1, 0.15) is 28.4 Å². The van der Waals surface area contributed by atoms with E-state index in [4.69, 9.17) is 21.1 Å². The van der Waals surface area contributed by atoms with Gasteiger partial charge in [-0.25, -0.2) is 4.79 Å². The zero-order chi connectivity index (χ0) is 24.5. The van der Waals surface area contributed by atoms with Crippen LogP contribution in [0.4, 0.5) is 10.5 Å². The quantitative estimate of drug-likeness (QED) is 0.353. The number of hydrogen-bond acceptors (Lipinski definition) is 3. The summed E-state index contributed by atoms with van der Waals surface area (Å²) in [5.41, 5.74) is 5.77. The first kappa shape index (κ1) is 22.9. The van der Waals surface area contributed by atoms with Gasteiger partial charge in [-0.15, -0.1) is 0 Å². The number of fused-ring (bicyclic) bond motifs is 3. The number of rotatable bonds is 4. The SMILES string of the molecule is COc1cc(OC)c(NC(=O)N2Cc3ccccc3-n3cccc3[C@@H]2c2ccccc2C)cc1Cl. The number of carbonyl (C=O) groups excluding carboxylic acids is 1. The second-order valence-corrected chi connectivity index (χ2v) is 8.84. The van der Waals surface area contributed by atoms with Gasteiger partial charge < -0.3 is 24.3 Å². The maximum atomic E-state index is 14.0. The maximum Gasteiger partial charge on any atom is 0.323 e. The lowest BCUT2D eigenvalue weighted by Gasteiger charge is -2.32. The molecule has 3 aromatic carbocycles. The standard InChI is InChI=1S/C28H26ClN3O3/c1-18-9-4-6-11-20(18)27-24-13-8-14-31(24)23-12-7-5-10-19(23)17-32(27)28(33)30-22-15-21(29)25(34-2)16-26(22)35-3/h4-16,27H,17H2,1-3H3,(H,30,33)/t27-/m0/s1. The van der Waals surface area contributed by atoms with E-state index in [-0.39, 0.29) is 12.1 Å². The Kier molecular flexibility index (Phi) is 6.14. The summed E-state index contributed by atoms with van der Waals surface area (Å²) >= 11 is 6.37. The van der Waals surface area contributed by atoms with Gasteiger partial charge in [0, 0.05) is 18.0 Å². The van der Waals surface area contributed by atoms with E-state index in [2.05, 4.69) is 47.1 Å². The lowest BCUT2D eigenvalue weighted by atomic mass is 9.97. The van der Waals surface area contributed by atoms with Crippen molar-refractivity contribution in [3.63, 3.8) is 0 Å². The molecular weight excluding hydrogens is 462 g/mol. The largest absolute Gasteiger partial charge is 0.495 e. The summed E-state index contributed by atoms with van der Waals surface area (Å²) in [5.74, 6) is 0.937. The molecule has 0 spiro atoms. The van der Waals surface area contributed by atoms with Crippen LogP contribution in [0.5, 0.6) is 11.5 Å². The van der Waals surface area contributed by atoms with E-state index in [1.807, 2.05) is 41.4 Å². The van der Waals surface area contributed by atoms with E-state index in [1.165, 1.54) is 7.11 Å². The van der Waals surface area contributed by atoms with Gasteiger partial charge in [-0.3, -0.25) is 0 Å². The van der Waals surface area contributed by atoms with Crippen molar-refractivity contribution in [3.8, 4) is 17.2 Å². The lowest BCUT2D eigenvalue weighted by molar-refractivity contribution is 0.194. The number of carbonyl (C=O) groups is 1. The van der Waals surface area contributed by atoms with E-state index in [0.717, 1.165) is 28.1 Å². The number of hydrogen-bond donors (Lipinski definition) is 1. The normalized spacial score (nSPS) is 14.5. The number of para-hydroxylation sites is 1. The van der Waals surface area contributed by atoms with Crippen LogP contribution in [-0.2, 0) is 6.54 Å². The van der Waals surface area contributed by atoms with Crippen LogP contribution >= 0.6 is 11.6 Å². The van der Waals surface area contributed by atoms with Crippen LogP contribution in [0.15, 0.2) is 79.0 Å². The van der Waals surface area contributed by atoms with Crippen molar-refractivity contribution in [2.45, 2.75) is 19.5 Å². The second-order valence-electron chi connectivity index (χ2n) is 8.44. The van der Waals surface area contributed by atoms with E-state index in [0.29, 0.717) is 28.8 Å². The molecule has 2 amide bonds. The van der Waals surface area contributed by atoms with Gasteiger partial charge >= 0.3 is 6.03 Å². The van der Waals surface area contributed by atoms with Gasteiger partial charge in [-0.05, 0) is 47.9 Å². The number of ether oxygens (including phenoxy) is 2. The fourth-order valence-corrected chi connectivity index (χ4v) is 4.95. The van der Waals surface area contributed by atoms with Crippen molar-refractivity contribution in [2.24, 2.45) is 0 Å². The molecule has 1 atom stereocenters. The topological polar surface area (TPSA) is 55.7 Å². The van der Waals surface area contributed by atoms with E-state index in [1.54, 1.807) is 19.2 Å². The van der Waals surface area contributed by atoms with E-state index >= 15 is 0 Å². The number of anilines is 1. The molecule has 0 saturated carbocycles. The van der Waals surface area contributed by atoms with Gasteiger partial charge in [-0.1, -0.05) is 54.1 Å². The molecular formula is C28H26ClN3O3. The Morgan fingerprint density at radius 2 is 1.71 bits per heavy atom. The van der Waals surface area contributed by atoms with Gasteiger partial charge in [0.15, 0.2) is 0 Å². The molecule has 1 aromatic heterocycles. The fourth-order valence-electron chi connectivity index (χ4n) is 4.70. The van der Waals surface area contributed by atoms with E-state index < -0.39 is 0 Å². The lowest BCUT2D eigenvalue weighted by Crippen LogP contribution is -2.38. The monoisotopic (exact) mass is 487 g/mol. The molecule has 0 fully saturated rings. The van der Waals surface area contributed by atoms with Gasteiger partial charge in [0.2, 0.25) is 0 Å². The van der Waals surface area contributed by atoms with Crippen LogP contribution in [0.2, 0.25) is 5.02 Å². The summed E-state index contributed by atoms with van der Waals surface area (Å²) in [5, 5.41) is 3.42. The summed E-state index contributed by atoms with van der Waals surface area (Å²) in [4.78, 5) is 15.8. The molecule has 0 unspecified atom stereocenters. The highest BCUT2D eigenvalue weighted by atomic mass is 35.5. The first-order valence-electron chi connectivity index (χ1n) is 11.3. The molecule has 1 N–H and O–H groups in total. The molecule has 1 aliphatic heterocycles. The second kappa shape index (κ2) is 9.39. The smallest absolute Gasteiger partial charge is 0.323 e. The number of methoxy groups -OCH3 is 2. The van der Waals surface area contributed by atoms with Crippen molar-refractivity contribution >= 4 is 23.3 Å². The highest BCUT2D eigenvalue weighted by Gasteiger charge is 2.34. The molecule has 35 heavy (non-hydrogen) atoms. The van der Waals surface area contributed by atoms with Crippen LogP contribution in [0.3, 0.4) is 0 Å². The molecule has 7 heteroatoms. The van der Waals surface area contributed by atoms with Gasteiger partial charge in [0.1, 0.15) is 17.5 Å². The number of nitrogens with one attached hydrogen (secondary N) is 1. The predicted molar refractivity (Wildman–Crippen MR) is 138 cm³/mol. The minimum Gasteiger partial charge on any atom is -0.495 e. The van der Waals surface area contributed by atoms with Gasteiger partial charge in [-0.2, -0.15) is 0 Å². The molecule has 0 bridgehead atoms. The van der Waals surface area contributed by atoms with Crippen molar-refractivity contribution < 1.29 is 14.3 Å². The Morgan fingerprint density at radius 3 is 2.49 bits per heavy atom. The molecule has 178 valence electrons. The number of amides is 2. The van der Waals surface area contributed by atoms with Crippen molar-refractivity contribution in [1.29, 1.82) is 0 Å². The molecule has 0 radical (unpaired) electrons. The summed E-state index contributed by atoms with van der Waals surface area (Å²) < 4.78 is 13.0. The number of nitrogens with zero attached hydrogens (tertiary/aromatic N) is 2. The van der Waals surface area contributed by atoms with Crippen LogP contribution < -0.4 is 14.8 Å². The zero-order valence-corrected chi connectivity index (χ0v) is 20.5. The Morgan fingerprint density at radius 1 is 0.971 bits per heavy atom. The average Bonchev–Trinajstić information content (AvgIpc) is 3.29. The van der Waals surface area contributed by atoms with Crippen molar-refractivity contribution in [3.05, 3.63) is 106 Å². The Hall–Kier alpha value is -3.90. The Bertz CT molecular complexity index is 1400. The third-order valence-corrected chi connectivity index (χ3v) is 6.72. The molecule has 0 aliphatic carbocycles. The Labute approximate surface area is 209 Å². The van der Waals surface area contributed by atoms with Crippen molar-refractivity contribution in [2.75, 3.05) is 19.5 Å². The van der Waals surface area contributed by atoms with Crippen LogP contribution in [-0.4, -0.2) is 29.7 Å². The number of aromatic nitrogens is 1. The molecule has 2 heterocycles. The summed E-state index contributed by atoms with van der Waals surface area (Å²) in [6.45, 7) is 2.50. The van der Waals surface area contributed by atoms with Gasteiger partial charge in [0.05, 0.1) is 37.2 Å². The number of halogens is 1. The molecule has 6 nitrogen and oxygen atoms in total. The van der Waals surface area contributed by atoms with Crippen LogP contribution in [0, 0.1) is 6.92 Å². The number of benzene rings is 3. The molecule has 0 saturated heterocycles. The maximum absolute atomic E-state index is 14.0. The van der Waals surface area contributed by atoms with Crippen molar-refractivity contribution in [1.82, 2.24) is 9.47 Å². The molecule has 4 aromatic rings. The first-order valence-corrected chi connectivity index (χ1v) is 11.7. The summed E-state index contributed by atoms with van der Waals surface area (Å²) in [6.07, 6.45) is 2.05. The fraction of sp³-hybridized carbons (Fsp3) is 0.179. The predicted octanol–water partition coefficient (Wildman–Crippen LogP) is 6.59. The summed E-state index contributed by atoms with van der Waals surface area (Å²) in [7, 11) is 3.08. The Balaban J connectivity index is 1.63. The molecule has 1 aliphatic rings. The van der Waals surface area contributed by atoms with E-state index in [9.17, 15) is 4.79 Å². The highest BCUT2D eigenvalue weighted by Crippen LogP contribution is 2.40. The first-order chi connectivity index (χ1) is 17.0. The zero-order valence-electron chi connectivity index (χ0n) is 19.8. The minimum absolute atomic E-state index is 0.262. The number of aryl methyl sites for hydroxylation is 1.